The number of rotatable bonds is 3. The minimum absolute atomic E-state index is 0.0182. The number of methoxy groups -OCH3 is 1. The van der Waals surface area contributed by atoms with Gasteiger partial charge in [0.2, 0.25) is 0 Å². The van der Waals surface area contributed by atoms with Crippen LogP contribution in [0, 0.1) is 0 Å². The summed E-state index contributed by atoms with van der Waals surface area (Å²) in [5.41, 5.74) is 9.28. The van der Waals surface area contributed by atoms with Gasteiger partial charge in [0.25, 0.3) is 0 Å². The first-order valence-electron chi connectivity index (χ1n) is 4.76. The summed E-state index contributed by atoms with van der Waals surface area (Å²) in [7, 11) is 1.29. The Morgan fingerprint density at radius 3 is 2.44 bits per heavy atom. The highest BCUT2D eigenvalue weighted by Gasteiger charge is 2.31. The van der Waals surface area contributed by atoms with E-state index >= 15 is 0 Å². The summed E-state index contributed by atoms with van der Waals surface area (Å²) < 4.78 is 41.7. The molecule has 0 aliphatic carbocycles. The Morgan fingerprint density at radius 2 is 2.00 bits per heavy atom. The molecule has 0 aliphatic heterocycles. The van der Waals surface area contributed by atoms with E-state index in [1.54, 1.807) is 0 Å². The van der Waals surface area contributed by atoms with E-state index in [-0.39, 0.29) is 22.6 Å². The first kappa shape index (κ1) is 13.9. The van der Waals surface area contributed by atoms with Gasteiger partial charge in [0.15, 0.2) is 0 Å². The third kappa shape index (κ3) is 2.93. The molecule has 4 nitrogen and oxygen atoms in total. The van der Waals surface area contributed by atoms with Crippen LogP contribution in [0.1, 0.15) is 15.9 Å². The molecule has 0 fully saturated rings. The fraction of sp³-hybridized carbons (Fsp3) is 0.182. The zero-order valence-corrected chi connectivity index (χ0v) is 9.41. The van der Waals surface area contributed by atoms with Gasteiger partial charge in [-0.25, -0.2) is 0 Å². The van der Waals surface area contributed by atoms with Gasteiger partial charge >= 0.3 is 6.18 Å². The molecule has 1 rings (SSSR count). The van der Waals surface area contributed by atoms with Crippen molar-refractivity contribution in [3.05, 3.63) is 29.0 Å². The van der Waals surface area contributed by atoms with E-state index < -0.39 is 11.9 Å². The molecule has 0 heterocycles. The minimum Gasteiger partial charge on any atom is -0.495 e. The maximum absolute atomic E-state index is 12.3. The highest BCUT2D eigenvalue weighted by molar-refractivity contribution is 5.82. The highest BCUT2D eigenvalue weighted by atomic mass is 19.4. The summed E-state index contributed by atoms with van der Waals surface area (Å²) in [6, 6.07) is 2.52. The van der Waals surface area contributed by atoms with Crippen LogP contribution >= 0.6 is 0 Å². The molecule has 4 N–H and O–H groups in total. The molecule has 1 aromatic rings. The average molecular weight is 260 g/mol. The molecule has 0 aromatic heterocycles. The van der Waals surface area contributed by atoms with Crippen molar-refractivity contribution in [3.63, 3.8) is 0 Å². The first-order valence-corrected chi connectivity index (χ1v) is 4.76. The van der Waals surface area contributed by atoms with Crippen molar-refractivity contribution in [2.75, 3.05) is 12.8 Å². The number of nitrogen functional groups attached to an aromatic ring is 1. The molecule has 0 aliphatic rings. The minimum atomic E-state index is -4.66. The Balaban J connectivity index is 3.36. The number of aldehydes is 1. The van der Waals surface area contributed by atoms with Crippen LogP contribution in [-0.2, 0) is 0 Å². The van der Waals surface area contributed by atoms with Crippen LogP contribution in [0.15, 0.2) is 17.8 Å². The summed E-state index contributed by atoms with van der Waals surface area (Å²) in [6.07, 6.45) is -3.52. The van der Waals surface area contributed by atoms with Gasteiger partial charge in [0, 0.05) is 11.1 Å². The van der Waals surface area contributed by atoms with Gasteiger partial charge in [-0.2, -0.15) is 13.2 Å². The number of carbonyl (C=O) groups is 1. The van der Waals surface area contributed by atoms with E-state index in [2.05, 4.69) is 0 Å². The lowest BCUT2D eigenvalue weighted by Gasteiger charge is -2.11. The Kier molecular flexibility index (Phi) is 3.85. The van der Waals surface area contributed by atoms with Gasteiger partial charge < -0.3 is 16.2 Å². The molecule has 0 saturated heterocycles. The number of hydrogen-bond donors (Lipinski definition) is 2. The van der Waals surface area contributed by atoms with Gasteiger partial charge in [-0.1, -0.05) is 0 Å². The summed E-state index contributed by atoms with van der Waals surface area (Å²) in [6.45, 7) is 0. The van der Waals surface area contributed by atoms with E-state index in [0.29, 0.717) is 12.4 Å². The van der Waals surface area contributed by atoms with E-state index in [0.717, 1.165) is 0 Å². The molecule has 0 bridgehead atoms. The monoisotopic (exact) mass is 260 g/mol. The number of benzene rings is 1. The van der Waals surface area contributed by atoms with Crippen LogP contribution in [-0.4, -0.2) is 19.6 Å². The third-order valence-corrected chi connectivity index (χ3v) is 2.19. The largest absolute Gasteiger partial charge is 0.495 e. The number of hydrogen-bond acceptors (Lipinski definition) is 4. The molecule has 0 saturated carbocycles. The zero-order valence-electron chi connectivity index (χ0n) is 9.41. The number of allylic oxidation sites excluding steroid dienone is 1. The third-order valence-electron chi connectivity index (χ3n) is 2.19. The molecule has 0 spiro atoms. The second kappa shape index (κ2) is 4.99. The maximum atomic E-state index is 12.3. The predicted octanol–water partition coefficient (Wildman–Crippen LogP) is 1.95. The lowest BCUT2D eigenvalue weighted by Crippen LogP contribution is -2.19. The molecule has 0 amide bonds. The highest BCUT2D eigenvalue weighted by Crippen LogP contribution is 2.30. The Bertz CT molecular complexity index is 496. The average Bonchev–Trinajstić information content (AvgIpc) is 2.30. The quantitative estimate of drug-likeness (QED) is 0.643. The molecule has 0 radical (unpaired) electrons. The van der Waals surface area contributed by atoms with Crippen LogP contribution in [0.2, 0.25) is 0 Å². The van der Waals surface area contributed by atoms with Gasteiger partial charge in [-0.3, -0.25) is 4.79 Å². The van der Waals surface area contributed by atoms with Crippen LogP contribution in [0.3, 0.4) is 0 Å². The van der Waals surface area contributed by atoms with E-state index in [1.165, 1.54) is 19.2 Å². The molecule has 0 unspecified atom stereocenters. The van der Waals surface area contributed by atoms with Crippen LogP contribution in [0.25, 0.3) is 6.08 Å². The summed E-state index contributed by atoms with van der Waals surface area (Å²) >= 11 is 0. The van der Waals surface area contributed by atoms with E-state index in [9.17, 15) is 18.0 Å². The number of carbonyl (C=O) groups excluding carboxylic acids is 1. The van der Waals surface area contributed by atoms with Crippen molar-refractivity contribution in [1.29, 1.82) is 0 Å². The smallest absolute Gasteiger partial charge is 0.430 e. The van der Waals surface area contributed by atoms with Crippen LogP contribution in [0.5, 0.6) is 5.75 Å². The fourth-order valence-electron chi connectivity index (χ4n) is 1.28. The second-order valence-electron chi connectivity index (χ2n) is 3.44. The fourth-order valence-corrected chi connectivity index (χ4v) is 1.28. The van der Waals surface area contributed by atoms with Gasteiger partial charge in [0.1, 0.15) is 17.7 Å². The topological polar surface area (TPSA) is 78.3 Å². The van der Waals surface area contributed by atoms with Crippen molar-refractivity contribution in [1.82, 2.24) is 0 Å². The van der Waals surface area contributed by atoms with Gasteiger partial charge in [-0.05, 0) is 18.2 Å². The number of anilines is 1. The number of ether oxygens (including phenoxy) is 1. The van der Waals surface area contributed by atoms with Crippen molar-refractivity contribution in [3.8, 4) is 5.75 Å². The Labute approximate surface area is 101 Å². The van der Waals surface area contributed by atoms with Gasteiger partial charge in [-0.15, -0.1) is 0 Å². The van der Waals surface area contributed by atoms with Crippen LogP contribution in [0.4, 0.5) is 18.9 Å². The van der Waals surface area contributed by atoms with Crippen molar-refractivity contribution < 1.29 is 22.7 Å². The Hall–Kier alpha value is -2.18. The van der Waals surface area contributed by atoms with Gasteiger partial charge in [0.05, 0.1) is 12.8 Å². The summed E-state index contributed by atoms with van der Waals surface area (Å²) in [4.78, 5) is 10.7. The van der Waals surface area contributed by atoms with Crippen molar-refractivity contribution in [2.24, 2.45) is 5.73 Å². The molecule has 7 heteroatoms. The SMILES string of the molecule is COc1cc(C=O)cc(/C=C(\N)C(F)(F)F)c1N. The normalized spacial score (nSPS) is 12.3. The van der Waals surface area contributed by atoms with E-state index in [1.807, 2.05) is 0 Å². The van der Waals surface area contributed by atoms with Crippen molar-refractivity contribution in [2.45, 2.75) is 6.18 Å². The standard InChI is InChI=1S/C11H11F3N2O2/c1-18-8-3-6(5-17)2-7(10(8)16)4-9(15)11(12,13)14/h2-5H,15-16H2,1H3/b9-4-. The van der Waals surface area contributed by atoms with Crippen molar-refractivity contribution >= 4 is 18.0 Å². The first-order chi connectivity index (χ1) is 8.29. The summed E-state index contributed by atoms with van der Waals surface area (Å²) in [5, 5.41) is 0. The van der Waals surface area contributed by atoms with E-state index in [4.69, 9.17) is 16.2 Å². The second-order valence-corrected chi connectivity index (χ2v) is 3.44. The summed E-state index contributed by atoms with van der Waals surface area (Å²) in [5.74, 6) is 0.112. The zero-order chi connectivity index (χ0) is 13.9. The lowest BCUT2D eigenvalue weighted by molar-refractivity contribution is -0.0916. The number of halogens is 3. The molecular weight excluding hydrogens is 249 g/mol. The van der Waals surface area contributed by atoms with Crippen LogP contribution < -0.4 is 16.2 Å². The predicted molar refractivity (Wildman–Crippen MR) is 61.0 cm³/mol. The molecule has 1 aromatic carbocycles. The number of alkyl halides is 3. The molecule has 18 heavy (non-hydrogen) atoms. The Morgan fingerprint density at radius 1 is 1.39 bits per heavy atom. The molecule has 98 valence electrons. The molecular formula is C11H11F3N2O2. The molecule has 0 atom stereocenters. The number of nitrogens with two attached hydrogens (primary N) is 2. The maximum Gasteiger partial charge on any atom is 0.430 e. The lowest BCUT2D eigenvalue weighted by atomic mass is 10.1.